The molecule has 2 aliphatic rings. The first-order valence-corrected chi connectivity index (χ1v) is 11.3. The van der Waals surface area contributed by atoms with Gasteiger partial charge in [-0.1, -0.05) is 47.1 Å². The lowest BCUT2D eigenvalue weighted by Crippen LogP contribution is -2.40. The number of nitrogens with zero attached hydrogens (tertiary/aromatic N) is 1. The fourth-order valence-electron chi connectivity index (χ4n) is 4.22. The van der Waals surface area contributed by atoms with E-state index in [1.165, 1.54) is 31.2 Å². The molecule has 31 heavy (non-hydrogen) atoms. The molecule has 4 rings (SSSR count). The van der Waals surface area contributed by atoms with Crippen LogP contribution in [0.1, 0.15) is 55.8 Å². The topological polar surface area (TPSA) is 58.5 Å². The molecule has 0 radical (unpaired) electrons. The SMILES string of the molecule is [2H]C(C)(C=O)[C@@H]1N=C(CBr)C(C(=O)NC(c2cccc(F)c2)C2CC2)c2cccc(F)c21. The number of nitrogens with one attached hydrogen (secondary N) is 1. The number of benzene rings is 2. The molecule has 1 heterocycles. The predicted molar refractivity (Wildman–Crippen MR) is 118 cm³/mol. The van der Waals surface area contributed by atoms with Crippen LogP contribution in [0.2, 0.25) is 0 Å². The molecule has 162 valence electrons. The van der Waals surface area contributed by atoms with E-state index in [0.717, 1.165) is 12.8 Å². The summed E-state index contributed by atoms with van der Waals surface area (Å²) in [7, 11) is 0. The van der Waals surface area contributed by atoms with E-state index < -0.39 is 23.7 Å². The van der Waals surface area contributed by atoms with E-state index in [2.05, 4.69) is 26.2 Å². The maximum Gasteiger partial charge on any atom is 0.233 e. The van der Waals surface area contributed by atoms with Crippen LogP contribution in [0.25, 0.3) is 0 Å². The minimum Gasteiger partial charge on any atom is -0.348 e. The van der Waals surface area contributed by atoms with Crippen LogP contribution in [0.3, 0.4) is 0 Å². The van der Waals surface area contributed by atoms with E-state index in [-0.39, 0.29) is 34.6 Å². The molecule has 3 unspecified atom stereocenters. The lowest BCUT2D eigenvalue weighted by Gasteiger charge is -2.32. The third kappa shape index (κ3) is 4.33. The van der Waals surface area contributed by atoms with Crippen LogP contribution < -0.4 is 5.32 Å². The van der Waals surface area contributed by atoms with Gasteiger partial charge in [0.05, 0.1) is 12.1 Å². The van der Waals surface area contributed by atoms with Crippen molar-refractivity contribution in [3.8, 4) is 0 Å². The third-order valence-corrected chi connectivity index (χ3v) is 6.49. The highest BCUT2D eigenvalue weighted by molar-refractivity contribution is 9.09. The molecule has 1 fully saturated rings. The number of fused-ring (bicyclic) bond motifs is 1. The fourth-order valence-corrected chi connectivity index (χ4v) is 4.68. The van der Waals surface area contributed by atoms with Crippen LogP contribution >= 0.6 is 15.9 Å². The van der Waals surface area contributed by atoms with Gasteiger partial charge in [0.1, 0.15) is 23.8 Å². The highest BCUT2D eigenvalue weighted by Gasteiger charge is 2.40. The van der Waals surface area contributed by atoms with E-state index in [0.29, 0.717) is 23.1 Å². The average molecular weight is 490 g/mol. The van der Waals surface area contributed by atoms with Gasteiger partial charge in [-0.25, -0.2) is 8.78 Å². The summed E-state index contributed by atoms with van der Waals surface area (Å²) < 4.78 is 37.1. The van der Waals surface area contributed by atoms with Gasteiger partial charge in [-0.3, -0.25) is 9.79 Å². The van der Waals surface area contributed by atoms with Crippen LogP contribution in [-0.4, -0.2) is 23.2 Å². The summed E-state index contributed by atoms with van der Waals surface area (Å²) in [6.07, 6.45) is 2.29. The van der Waals surface area contributed by atoms with Gasteiger partial charge in [0.2, 0.25) is 5.91 Å². The van der Waals surface area contributed by atoms with Crippen LogP contribution in [0.4, 0.5) is 8.78 Å². The minimum absolute atomic E-state index is 0.0932. The Hall–Kier alpha value is -2.41. The first-order valence-electron chi connectivity index (χ1n) is 10.7. The highest BCUT2D eigenvalue weighted by Crippen LogP contribution is 2.43. The monoisotopic (exact) mass is 489 g/mol. The fraction of sp³-hybridized carbons (Fsp3) is 0.375. The number of rotatable bonds is 7. The number of hydrogen-bond acceptors (Lipinski definition) is 3. The first kappa shape index (κ1) is 20.5. The molecule has 0 aromatic heterocycles. The Balaban J connectivity index is 1.74. The van der Waals surface area contributed by atoms with E-state index in [1.54, 1.807) is 18.2 Å². The van der Waals surface area contributed by atoms with E-state index in [4.69, 9.17) is 1.37 Å². The summed E-state index contributed by atoms with van der Waals surface area (Å²) in [4.78, 5) is 29.6. The maximum atomic E-state index is 14.9. The molecule has 4 atom stereocenters. The summed E-state index contributed by atoms with van der Waals surface area (Å²) >= 11 is 3.36. The zero-order chi connectivity index (χ0) is 23.0. The van der Waals surface area contributed by atoms with Crippen molar-refractivity contribution < 1.29 is 19.7 Å². The second kappa shape index (κ2) is 8.99. The molecule has 2 aromatic carbocycles. The quantitative estimate of drug-likeness (QED) is 0.437. The van der Waals surface area contributed by atoms with E-state index in [9.17, 15) is 18.4 Å². The normalized spacial score (nSPS) is 23.6. The highest BCUT2D eigenvalue weighted by atomic mass is 79.9. The summed E-state index contributed by atoms with van der Waals surface area (Å²) in [6, 6.07) is 9.15. The zero-order valence-corrected chi connectivity index (χ0v) is 18.5. The molecule has 0 saturated heterocycles. The summed E-state index contributed by atoms with van der Waals surface area (Å²) in [5, 5.41) is 3.26. The minimum atomic E-state index is -1.69. The first-order chi connectivity index (χ1) is 15.3. The van der Waals surface area contributed by atoms with Crippen molar-refractivity contribution in [2.24, 2.45) is 16.8 Å². The van der Waals surface area contributed by atoms with E-state index in [1.807, 2.05) is 0 Å². The summed E-state index contributed by atoms with van der Waals surface area (Å²) in [5.74, 6) is -3.71. The number of carbonyl (C=O) groups excluding carboxylic acids is 2. The molecule has 7 heteroatoms. The Morgan fingerprint density at radius 1 is 1.32 bits per heavy atom. The largest absolute Gasteiger partial charge is 0.348 e. The number of amides is 1. The number of halogens is 3. The van der Waals surface area contributed by atoms with Gasteiger partial charge < -0.3 is 10.1 Å². The van der Waals surface area contributed by atoms with Crippen molar-refractivity contribution in [3.05, 3.63) is 70.8 Å². The van der Waals surface area contributed by atoms with Crippen molar-refractivity contribution in [2.75, 3.05) is 5.33 Å². The van der Waals surface area contributed by atoms with Crippen LogP contribution in [0.5, 0.6) is 0 Å². The molecule has 1 aliphatic carbocycles. The third-order valence-electron chi connectivity index (χ3n) is 5.91. The predicted octanol–water partition coefficient (Wildman–Crippen LogP) is 5.04. The van der Waals surface area contributed by atoms with Crippen LogP contribution in [0.15, 0.2) is 47.5 Å². The molecule has 1 amide bonds. The van der Waals surface area contributed by atoms with Crippen LogP contribution in [0, 0.1) is 23.4 Å². The van der Waals surface area contributed by atoms with Gasteiger partial charge in [0, 0.05) is 23.9 Å². The number of carbonyl (C=O) groups is 2. The van der Waals surface area contributed by atoms with Gasteiger partial charge in [0.15, 0.2) is 0 Å². The lowest BCUT2D eigenvalue weighted by atomic mass is 9.80. The smallest absolute Gasteiger partial charge is 0.233 e. The second-order valence-electron chi connectivity index (χ2n) is 8.07. The number of alkyl halides is 1. The van der Waals surface area contributed by atoms with Gasteiger partial charge in [-0.2, -0.15) is 0 Å². The lowest BCUT2D eigenvalue weighted by molar-refractivity contribution is -0.122. The Morgan fingerprint density at radius 2 is 2.06 bits per heavy atom. The average Bonchev–Trinajstić information content (AvgIpc) is 3.61. The molecular weight excluding hydrogens is 466 g/mol. The van der Waals surface area contributed by atoms with Gasteiger partial charge in [-0.15, -0.1) is 0 Å². The van der Waals surface area contributed by atoms with Crippen molar-refractivity contribution in [1.29, 1.82) is 0 Å². The number of hydrogen-bond donors (Lipinski definition) is 1. The Morgan fingerprint density at radius 3 is 2.71 bits per heavy atom. The van der Waals surface area contributed by atoms with Crippen molar-refractivity contribution >= 4 is 33.8 Å². The zero-order valence-electron chi connectivity index (χ0n) is 17.9. The molecule has 2 aromatic rings. The molecule has 1 N–H and O–H groups in total. The molecule has 4 nitrogen and oxygen atoms in total. The second-order valence-corrected chi connectivity index (χ2v) is 8.63. The Bertz CT molecular complexity index is 1090. The number of aliphatic imine (C=N–C) groups is 1. The maximum absolute atomic E-state index is 14.9. The Kier molecular flexibility index (Phi) is 5.94. The Labute approximate surface area is 189 Å². The van der Waals surface area contributed by atoms with Crippen molar-refractivity contribution in [3.63, 3.8) is 0 Å². The van der Waals surface area contributed by atoms with Crippen molar-refractivity contribution in [2.45, 2.75) is 37.8 Å². The standard InChI is InChI=1S/C24H23BrF2N2O2/c1-13(12-30)22-20-17(6-3-7-18(20)27)21(19(11-25)28-22)24(31)29-23(14-8-9-14)15-4-2-5-16(26)10-15/h2-7,10,12-14,21-23H,8-9,11H2,1H3,(H,29,31)/t13?,21?,22-,23?/m0/s1/i13D. The molecular formula is C24H23BrF2N2O2. The number of aldehydes is 1. The summed E-state index contributed by atoms with van der Waals surface area (Å²) in [6.45, 7) is 1.38. The molecule has 0 spiro atoms. The van der Waals surface area contributed by atoms with Crippen LogP contribution in [-0.2, 0) is 9.59 Å². The molecule has 1 aliphatic heterocycles. The van der Waals surface area contributed by atoms with Crippen molar-refractivity contribution in [1.82, 2.24) is 5.32 Å². The molecule has 1 saturated carbocycles. The van der Waals surface area contributed by atoms with Gasteiger partial charge in [0.25, 0.3) is 0 Å². The van der Waals surface area contributed by atoms with E-state index >= 15 is 0 Å². The molecule has 0 bridgehead atoms. The summed E-state index contributed by atoms with van der Waals surface area (Å²) in [5.41, 5.74) is 1.59. The van der Waals surface area contributed by atoms with Gasteiger partial charge in [-0.05, 0) is 48.1 Å². The van der Waals surface area contributed by atoms with Gasteiger partial charge >= 0.3 is 0 Å².